The zero-order chi connectivity index (χ0) is 16.4. The third-order valence-corrected chi connectivity index (χ3v) is 5.46. The quantitative estimate of drug-likeness (QED) is 0.712. The molecule has 2 aromatic rings. The van der Waals surface area contributed by atoms with Crippen LogP contribution in [0.15, 0.2) is 30.5 Å². The van der Waals surface area contributed by atoms with Crippen LogP contribution in [-0.4, -0.2) is 22.3 Å². The molecular weight excluding hydrogens is 409 g/mol. The maximum absolute atomic E-state index is 11.2. The Bertz CT molecular complexity index is 618. The fourth-order valence-corrected chi connectivity index (χ4v) is 3.30. The van der Waals surface area contributed by atoms with Gasteiger partial charge in [-0.1, -0.05) is 20.8 Å². The molecule has 0 aliphatic carbocycles. The smallest absolute Gasteiger partial charge is 0.119 e. The van der Waals surface area contributed by atoms with E-state index in [4.69, 9.17) is 4.74 Å². The van der Waals surface area contributed by atoms with Gasteiger partial charge in [0, 0.05) is 21.1 Å². The molecule has 1 heterocycles. The Hall–Kier alpha value is -0.660. The number of aryl methyl sites for hydroxylation is 1. The highest BCUT2D eigenvalue weighted by atomic mass is 127. The van der Waals surface area contributed by atoms with Gasteiger partial charge in [0.2, 0.25) is 0 Å². The number of aliphatic hydroxyl groups is 1. The average Bonchev–Trinajstić information content (AvgIpc) is 2.82. The lowest BCUT2D eigenvalue weighted by Gasteiger charge is -2.39. The number of hydrogen-bond acceptors (Lipinski definition) is 4. The summed E-state index contributed by atoms with van der Waals surface area (Å²) in [6.07, 6.45) is 2.40. The molecule has 1 unspecified atom stereocenters. The van der Waals surface area contributed by atoms with Crippen molar-refractivity contribution in [1.29, 1.82) is 0 Å². The minimum absolute atomic E-state index is 0.258. The molecule has 1 aromatic carbocycles. The maximum atomic E-state index is 11.2. The largest absolute Gasteiger partial charge is 0.491 e. The highest BCUT2D eigenvalue weighted by Gasteiger charge is 2.41. The van der Waals surface area contributed by atoms with E-state index in [9.17, 15) is 5.11 Å². The topological polar surface area (TPSA) is 42.4 Å². The number of halogens is 1. The van der Waals surface area contributed by atoms with Gasteiger partial charge in [0.15, 0.2) is 0 Å². The maximum Gasteiger partial charge on any atom is 0.119 e. The molecule has 22 heavy (non-hydrogen) atoms. The van der Waals surface area contributed by atoms with Gasteiger partial charge in [0.05, 0.1) is 5.01 Å². The molecule has 120 valence electrons. The molecule has 0 saturated heterocycles. The van der Waals surface area contributed by atoms with Gasteiger partial charge < -0.3 is 9.84 Å². The molecule has 3 nitrogen and oxygen atoms in total. The molecule has 0 fully saturated rings. The second kappa shape index (κ2) is 6.84. The van der Waals surface area contributed by atoms with Crippen LogP contribution < -0.4 is 4.74 Å². The summed E-state index contributed by atoms with van der Waals surface area (Å²) in [4.78, 5) is 5.36. The lowest BCUT2D eigenvalue weighted by molar-refractivity contribution is -0.0866. The number of rotatable bonds is 5. The van der Waals surface area contributed by atoms with Crippen LogP contribution in [0.4, 0.5) is 0 Å². The van der Waals surface area contributed by atoms with Crippen LogP contribution in [0.3, 0.4) is 0 Å². The Morgan fingerprint density at radius 1 is 1.23 bits per heavy atom. The van der Waals surface area contributed by atoms with Gasteiger partial charge in [-0.3, -0.25) is 0 Å². The summed E-state index contributed by atoms with van der Waals surface area (Å²) >= 11 is 3.89. The Balaban J connectivity index is 2.13. The molecule has 0 bridgehead atoms. The molecular formula is C17H22INO2S. The molecule has 0 radical (unpaired) electrons. The second-order valence-corrected chi connectivity index (χ2v) is 9.11. The fourth-order valence-electron chi connectivity index (χ4n) is 2.04. The summed E-state index contributed by atoms with van der Waals surface area (Å²) < 4.78 is 7.03. The summed E-state index contributed by atoms with van der Waals surface area (Å²) in [5.41, 5.74) is -1.25. The Labute approximate surface area is 149 Å². The molecule has 0 aliphatic heterocycles. The van der Waals surface area contributed by atoms with Crippen molar-refractivity contribution in [3.05, 3.63) is 43.9 Å². The number of aromatic nitrogens is 1. The minimum atomic E-state index is -0.949. The van der Waals surface area contributed by atoms with Crippen LogP contribution >= 0.6 is 33.9 Å². The van der Waals surface area contributed by atoms with Gasteiger partial charge in [0.25, 0.3) is 0 Å². The highest BCUT2D eigenvalue weighted by Crippen LogP contribution is 2.35. The number of nitrogens with zero attached hydrogens (tertiary/aromatic N) is 1. The number of ether oxygens (including phenoxy) is 1. The van der Waals surface area contributed by atoms with E-state index in [-0.39, 0.29) is 12.0 Å². The van der Waals surface area contributed by atoms with E-state index in [1.165, 1.54) is 0 Å². The third-order valence-electron chi connectivity index (χ3n) is 3.82. The predicted molar refractivity (Wildman–Crippen MR) is 99.6 cm³/mol. The summed E-state index contributed by atoms with van der Waals surface area (Å²) in [7, 11) is 0. The summed E-state index contributed by atoms with van der Waals surface area (Å²) in [6, 6.07) is 7.86. The first-order chi connectivity index (χ1) is 10.2. The predicted octanol–water partition coefficient (Wildman–Crippen LogP) is 4.45. The number of thiazole rings is 1. The average molecular weight is 431 g/mol. The standard InChI is InChI=1S/C17H22INO2S/c1-12-19-10-15(22-12)9-17(20,16(2,3)4)11-21-14-7-5-13(18)6-8-14/h5-8,10,20H,9,11H2,1-4H3. The van der Waals surface area contributed by atoms with Crippen molar-refractivity contribution in [3.63, 3.8) is 0 Å². The van der Waals surface area contributed by atoms with Crippen molar-refractivity contribution in [2.24, 2.45) is 5.41 Å². The zero-order valence-corrected chi connectivity index (χ0v) is 16.4. The van der Waals surface area contributed by atoms with E-state index in [0.29, 0.717) is 6.42 Å². The van der Waals surface area contributed by atoms with Gasteiger partial charge in [-0.05, 0) is 59.2 Å². The first-order valence-corrected chi connectivity index (χ1v) is 9.11. The van der Waals surface area contributed by atoms with Crippen molar-refractivity contribution in [1.82, 2.24) is 4.98 Å². The molecule has 1 N–H and O–H groups in total. The van der Waals surface area contributed by atoms with Crippen molar-refractivity contribution >= 4 is 33.9 Å². The van der Waals surface area contributed by atoms with Crippen molar-refractivity contribution < 1.29 is 9.84 Å². The van der Waals surface area contributed by atoms with Gasteiger partial charge in [-0.15, -0.1) is 11.3 Å². The van der Waals surface area contributed by atoms with Gasteiger partial charge in [0.1, 0.15) is 18.0 Å². The van der Waals surface area contributed by atoms with Crippen molar-refractivity contribution in [2.45, 2.75) is 39.7 Å². The molecule has 5 heteroatoms. The van der Waals surface area contributed by atoms with E-state index in [1.54, 1.807) is 11.3 Å². The van der Waals surface area contributed by atoms with Gasteiger partial charge in [-0.25, -0.2) is 4.98 Å². The molecule has 0 saturated carbocycles. The van der Waals surface area contributed by atoms with Gasteiger partial charge in [-0.2, -0.15) is 0 Å². The first-order valence-electron chi connectivity index (χ1n) is 7.22. The Morgan fingerprint density at radius 2 is 1.86 bits per heavy atom. The number of benzene rings is 1. The fraction of sp³-hybridized carbons (Fsp3) is 0.471. The summed E-state index contributed by atoms with van der Waals surface area (Å²) in [6.45, 7) is 8.36. The van der Waals surface area contributed by atoms with Crippen LogP contribution in [0.2, 0.25) is 0 Å². The van der Waals surface area contributed by atoms with Crippen molar-refractivity contribution in [2.75, 3.05) is 6.61 Å². The lowest BCUT2D eigenvalue weighted by Crippen LogP contribution is -2.49. The Kier molecular flexibility index (Phi) is 5.50. The normalized spacial score (nSPS) is 14.6. The van der Waals surface area contributed by atoms with E-state index in [2.05, 4.69) is 27.6 Å². The second-order valence-electron chi connectivity index (χ2n) is 6.55. The highest BCUT2D eigenvalue weighted by molar-refractivity contribution is 14.1. The van der Waals surface area contributed by atoms with E-state index in [1.807, 2.05) is 58.2 Å². The van der Waals surface area contributed by atoms with E-state index >= 15 is 0 Å². The SMILES string of the molecule is Cc1ncc(CC(O)(COc2ccc(I)cc2)C(C)(C)C)s1. The third kappa shape index (κ3) is 4.43. The monoisotopic (exact) mass is 431 g/mol. The summed E-state index contributed by atoms with van der Waals surface area (Å²) in [5.74, 6) is 0.781. The number of hydrogen-bond donors (Lipinski definition) is 1. The van der Waals surface area contributed by atoms with E-state index < -0.39 is 5.60 Å². The molecule has 0 amide bonds. The minimum Gasteiger partial charge on any atom is -0.491 e. The zero-order valence-electron chi connectivity index (χ0n) is 13.4. The van der Waals surface area contributed by atoms with Crippen LogP contribution in [0.1, 0.15) is 30.7 Å². The molecule has 1 atom stereocenters. The van der Waals surface area contributed by atoms with Crippen LogP contribution in [0.25, 0.3) is 0 Å². The molecule has 0 aliphatic rings. The Morgan fingerprint density at radius 3 is 2.36 bits per heavy atom. The molecule has 1 aromatic heterocycles. The van der Waals surface area contributed by atoms with Crippen LogP contribution in [0.5, 0.6) is 5.75 Å². The first kappa shape index (κ1) is 17.7. The lowest BCUT2D eigenvalue weighted by atomic mass is 9.74. The molecule has 0 spiro atoms. The van der Waals surface area contributed by atoms with Crippen molar-refractivity contribution in [3.8, 4) is 5.75 Å². The molecule has 2 rings (SSSR count). The van der Waals surface area contributed by atoms with Gasteiger partial charge >= 0.3 is 0 Å². The van der Waals surface area contributed by atoms with Crippen LogP contribution in [0, 0.1) is 15.9 Å². The van der Waals surface area contributed by atoms with E-state index in [0.717, 1.165) is 19.2 Å². The summed E-state index contributed by atoms with van der Waals surface area (Å²) in [5, 5.41) is 12.2. The van der Waals surface area contributed by atoms with Crippen LogP contribution in [-0.2, 0) is 6.42 Å².